The summed E-state index contributed by atoms with van der Waals surface area (Å²) in [5.74, 6) is 0.680. The molecule has 0 aliphatic heterocycles. The Labute approximate surface area is 92.1 Å². The zero-order valence-corrected chi connectivity index (χ0v) is 9.88. The zero-order valence-electron chi connectivity index (χ0n) is 9.88. The van der Waals surface area contributed by atoms with Gasteiger partial charge in [0.25, 0.3) is 0 Å². The van der Waals surface area contributed by atoms with Crippen LogP contribution in [0.15, 0.2) is 12.3 Å². The Bertz CT molecular complexity index is 287. The molecule has 3 N–H and O–H groups in total. The number of aromatic nitrogens is 1. The molecule has 0 aliphatic rings. The molecule has 1 aromatic heterocycles. The molecule has 0 amide bonds. The number of nitrogens with zero attached hydrogens (tertiary/aromatic N) is 1. The monoisotopic (exact) mass is 207 g/mol. The van der Waals surface area contributed by atoms with Gasteiger partial charge in [0, 0.05) is 12.2 Å². The Balaban J connectivity index is 2.43. The van der Waals surface area contributed by atoms with Gasteiger partial charge in [0.1, 0.15) is 5.82 Å². The second-order valence-electron chi connectivity index (χ2n) is 4.20. The van der Waals surface area contributed by atoms with E-state index in [-0.39, 0.29) is 0 Å². The lowest BCUT2D eigenvalue weighted by molar-refractivity contribution is 0.570. The summed E-state index contributed by atoms with van der Waals surface area (Å²) in [5, 5.41) is 3.39. The summed E-state index contributed by atoms with van der Waals surface area (Å²) in [6, 6.07) is 2.57. The molecule has 1 rings (SSSR count). The molecule has 84 valence electrons. The minimum atomic E-state index is 0.553. The molecule has 0 aliphatic carbocycles. The Kier molecular flexibility index (Phi) is 4.56. The average molecular weight is 207 g/mol. The summed E-state index contributed by atoms with van der Waals surface area (Å²) in [6.45, 7) is 7.43. The molecule has 0 fully saturated rings. The average Bonchev–Trinajstić information content (AvgIpc) is 2.15. The highest BCUT2D eigenvalue weighted by atomic mass is 14.9. The van der Waals surface area contributed by atoms with Crippen molar-refractivity contribution in [2.75, 3.05) is 12.3 Å². The van der Waals surface area contributed by atoms with Crippen LogP contribution in [0.4, 0.5) is 5.82 Å². The minimum absolute atomic E-state index is 0.553. The fraction of sp³-hybridized carbons (Fsp3) is 0.583. The summed E-state index contributed by atoms with van der Waals surface area (Å²) in [5.41, 5.74) is 8.27. The van der Waals surface area contributed by atoms with Crippen molar-refractivity contribution < 1.29 is 0 Å². The molecule has 0 saturated carbocycles. The fourth-order valence-corrected chi connectivity index (χ4v) is 1.59. The zero-order chi connectivity index (χ0) is 11.3. The Hall–Kier alpha value is -1.09. The van der Waals surface area contributed by atoms with Crippen molar-refractivity contribution in [1.82, 2.24) is 10.3 Å². The van der Waals surface area contributed by atoms with Crippen LogP contribution in [0.5, 0.6) is 0 Å². The van der Waals surface area contributed by atoms with E-state index >= 15 is 0 Å². The molecule has 0 aromatic carbocycles. The molecule has 3 heteroatoms. The van der Waals surface area contributed by atoms with E-state index in [1.54, 1.807) is 6.20 Å². The summed E-state index contributed by atoms with van der Waals surface area (Å²) >= 11 is 0. The number of nitrogens with two attached hydrogens (primary N) is 1. The number of nitrogens with one attached hydrogen (secondary N) is 1. The van der Waals surface area contributed by atoms with Crippen molar-refractivity contribution in [3.63, 3.8) is 0 Å². The van der Waals surface area contributed by atoms with Crippen molar-refractivity contribution in [3.05, 3.63) is 23.4 Å². The van der Waals surface area contributed by atoms with Gasteiger partial charge in [0.15, 0.2) is 0 Å². The summed E-state index contributed by atoms with van der Waals surface area (Å²) in [7, 11) is 0. The smallest absolute Gasteiger partial charge is 0.126 e. The number of hydrogen-bond acceptors (Lipinski definition) is 3. The SMILES string of the molecule is Cc1ccnc(N)c1CCCNC(C)C. The van der Waals surface area contributed by atoms with E-state index < -0.39 is 0 Å². The number of anilines is 1. The van der Waals surface area contributed by atoms with E-state index in [9.17, 15) is 0 Å². The van der Waals surface area contributed by atoms with Gasteiger partial charge in [-0.25, -0.2) is 4.98 Å². The third kappa shape index (κ3) is 3.88. The van der Waals surface area contributed by atoms with Gasteiger partial charge in [-0.05, 0) is 43.5 Å². The summed E-state index contributed by atoms with van der Waals surface area (Å²) in [4.78, 5) is 4.11. The van der Waals surface area contributed by atoms with Crippen molar-refractivity contribution in [2.24, 2.45) is 0 Å². The molecule has 0 radical (unpaired) electrons. The van der Waals surface area contributed by atoms with Crippen LogP contribution >= 0.6 is 0 Å². The van der Waals surface area contributed by atoms with Crippen molar-refractivity contribution in [3.8, 4) is 0 Å². The maximum atomic E-state index is 5.83. The summed E-state index contributed by atoms with van der Waals surface area (Å²) < 4.78 is 0. The van der Waals surface area contributed by atoms with Gasteiger partial charge < -0.3 is 11.1 Å². The van der Waals surface area contributed by atoms with Gasteiger partial charge >= 0.3 is 0 Å². The highest BCUT2D eigenvalue weighted by Crippen LogP contribution is 2.14. The van der Waals surface area contributed by atoms with Gasteiger partial charge in [-0.15, -0.1) is 0 Å². The van der Waals surface area contributed by atoms with Crippen molar-refractivity contribution in [2.45, 2.75) is 39.7 Å². The van der Waals surface area contributed by atoms with Gasteiger partial charge in [0.05, 0.1) is 0 Å². The minimum Gasteiger partial charge on any atom is -0.383 e. The fourth-order valence-electron chi connectivity index (χ4n) is 1.59. The van der Waals surface area contributed by atoms with Crippen LogP contribution in [0.2, 0.25) is 0 Å². The predicted octanol–water partition coefficient (Wildman–Crippen LogP) is 1.90. The molecule has 0 unspecified atom stereocenters. The normalized spacial score (nSPS) is 10.9. The van der Waals surface area contributed by atoms with E-state index in [2.05, 4.69) is 31.1 Å². The maximum absolute atomic E-state index is 5.83. The quantitative estimate of drug-likeness (QED) is 0.725. The topological polar surface area (TPSA) is 50.9 Å². The van der Waals surface area contributed by atoms with Crippen LogP contribution in [-0.4, -0.2) is 17.6 Å². The molecule has 0 spiro atoms. The van der Waals surface area contributed by atoms with Gasteiger partial charge in [-0.2, -0.15) is 0 Å². The first kappa shape index (κ1) is 12.0. The van der Waals surface area contributed by atoms with Gasteiger partial charge in [-0.3, -0.25) is 0 Å². The van der Waals surface area contributed by atoms with Gasteiger partial charge in [0.2, 0.25) is 0 Å². The highest BCUT2D eigenvalue weighted by molar-refractivity contribution is 5.43. The molecule has 3 nitrogen and oxygen atoms in total. The first-order valence-electron chi connectivity index (χ1n) is 5.54. The lowest BCUT2D eigenvalue weighted by atomic mass is 10.1. The largest absolute Gasteiger partial charge is 0.383 e. The number of nitrogen functional groups attached to an aromatic ring is 1. The summed E-state index contributed by atoms with van der Waals surface area (Å²) in [6.07, 6.45) is 3.88. The third-order valence-corrected chi connectivity index (χ3v) is 2.48. The number of pyridine rings is 1. The number of aryl methyl sites for hydroxylation is 1. The van der Waals surface area contributed by atoms with Crippen LogP contribution in [0, 0.1) is 6.92 Å². The lowest BCUT2D eigenvalue weighted by Gasteiger charge is -2.10. The molecule has 0 bridgehead atoms. The molecule has 0 atom stereocenters. The van der Waals surface area contributed by atoms with Crippen molar-refractivity contribution >= 4 is 5.82 Å². The first-order valence-corrected chi connectivity index (χ1v) is 5.54. The second-order valence-corrected chi connectivity index (χ2v) is 4.20. The molecular formula is C12H21N3. The van der Waals surface area contributed by atoms with Crippen LogP contribution in [0.25, 0.3) is 0 Å². The van der Waals surface area contributed by atoms with Crippen LogP contribution in [0.3, 0.4) is 0 Å². The second kappa shape index (κ2) is 5.71. The van der Waals surface area contributed by atoms with E-state index in [1.807, 2.05) is 6.07 Å². The lowest BCUT2D eigenvalue weighted by Crippen LogP contribution is -2.24. The Morgan fingerprint density at radius 2 is 2.20 bits per heavy atom. The van der Waals surface area contributed by atoms with E-state index in [1.165, 1.54) is 11.1 Å². The van der Waals surface area contributed by atoms with Crippen LogP contribution in [-0.2, 0) is 6.42 Å². The highest BCUT2D eigenvalue weighted by Gasteiger charge is 2.03. The van der Waals surface area contributed by atoms with Gasteiger partial charge in [-0.1, -0.05) is 13.8 Å². The number of rotatable bonds is 5. The molecule has 15 heavy (non-hydrogen) atoms. The van der Waals surface area contributed by atoms with Crippen molar-refractivity contribution in [1.29, 1.82) is 0 Å². The first-order chi connectivity index (χ1) is 7.11. The Morgan fingerprint density at radius 3 is 2.80 bits per heavy atom. The van der Waals surface area contributed by atoms with Crippen LogP contribution < -0.4 is 11.1 Å². The number of hydrogen-bond donors (Lipinski definition) is 2. The molecule has 0 saturated heterocycles. The molecule has 1 aromatic rings. The van der Waals surface area contributed by atoms with Crippen LogP contribution in [0.1, 0.15) is 31.4 Å². The Morgan fingerprint density at radius 1 is 1.47 bits per heavy atom. The van der Waals surface area contributed by atoms with E-state index in [0.29, 0.717) is 11.9 Å². The third-order valence-electron chi connectivity index (χ3n) is 2.48. The van der Waals surface area contributed by atoms with E-state index in [0.717, 1.165) is 19.4 Å². The van der Waals surface area contributed by atoms with E-state index in [4.69, 9.17) is 5.73 Å². The molecule has 1 heterocycles. The maximum Gasteiger partial charge on any atom is 0.126 e. The predicted molar refractivity (Wildman–Crippen MR) is 64.8 cm³/mol. The standard InChI is InChI=1S/C12H21N3/c1-9(2)14-7-4-5-11-10(3)6-8-15-12(11)13/h6,8-9,14H,4-5,7H2,1-3H3,(H2,13,15). The molecular weight excluding hydrogens is 186 g/mol.